The van der Waals surface area contributed by atoms with E-state index in [1.807, 2.05) is 45.4 Å². The number of benzene rings is 1. The van der Waals surface area contributed by atoms with Gasteiger partial charge in [-0.25, -0.2) is 15.2 Å². The molecule has 0 radical (unpaired) electrons. The number of amides is 4. The number of thiazole rings is 1. The van der Waals surface area contributed by atoms with E-state index in [9.17, 15) is 19.2 Å². The molecule has 2 fully saturated rings. The predicted molar refractivity (Wildman–Crippen MR) is 262 cm³/mol. The third-order valence-electron chi connectivity index (χ3n) is 12.9. The van der Waals surface area contributed by atoms with Crippen LogP contribution in [0, 0.1) is 17.3 Å². The molecule has 0 spiro atoms. The van der Waals surface area contributed by atoms with Gasteiger partial charge in [-0.2, -0.15) is 0 Å². The van der Waals surface area contributed by atoms with Gasteiger partial charge in [-0.15, -0.1) is 23.1 Å². The highest BCUT2D eigenvalue weighted by Crippen LogP contribution is 2.42. The van der Waals surface area contributed by atoms with E-state index in [-0.39, 0.29) is 41.8 Å². The van der Waals surface area contributed by atoms with Crippen LogP contribution in [0.3, 0.4) is 0 Å². The van der Waals surface area contributed by atoms with Crippen LogP contribution in [0.15, 0.2) is 41.9 Å². The van der Waals surface area contributed by atoms with E-state index >= 15 is 0 Å². The van der Waals surface area contributed by atoms with Crippen LogP contribution in [0.2, 0.25) is 0 Å². The minimum atomic E-state index is -0.749. The normalized spacial score (nSPS) is 17.8. The van der Waals surface area contributed by atoms with E-state index in [2.05, 4.69) is 60.3 Å². The Morgan fingerprint density at radius 3 is 2.56 bits per heavy atom. The number of urea groups is 1. The number of carbonyl (C=O) groups excluding carboxylic acids is 4. The molecule has 4 aromatic rings. The van der Waals surface area contributed by atoms with Crippen molar-refractivity contribution in [3.8, 4) is 22.5 Å². The number of carbonyl (C=O) groups is 4. The van der Waals surface area contributed by atoms with Gasteiger partial charge in [0.2, 0.25) is 11.8 Å². The van der Waals surface area contributed by atoms with E-state index in [0.29, 0.717) is 58.7 Å². The lowest BCUT2D eigenvalue weighted by Crippen LogP contribution is -2.58. The highest BCUT2D eigenvalue weighted by atomic mass is 32.2. The van der Waals surface area contributed by atoms with Crippen molar-refractivity contribution < 1.29 is 33.4 Å². The molecule has 0 aliphatic carbocycles. The number of nitrogens with one attached hydrogen (secondary N) is 2. The van der Waals surface area contributed by atoms with Gasteiger partial charge in [0, 0.05) is 91.8 Å². The summed E-state index contributed by atoms with van der Waals surface area (Å²) in [6.45, 7) is 18.0. The van der Waals surface area contributed by atoms with E-state index < -0.39 is 23.4 Å². The van der Waals surface area contributed by atoms with Gasteiger partial charge in [0.1, 0.15) is 6.04 Å². The number of thioether (sulfide) groups is 1. The van der Waals surface area contributed by atoms with Crippen molar-refractivity contribution in [2.24, 2.45) is 17.3 Å². The summed E-state index contributed by atoms with van der Waals surface area (Å²) in [4.78, 5) is 67.2. The Balaban J connectivity index is 1.35. The molecule has 6 rings (SSSR count). The molecule has 0 bridgehead atoms. The Hall–Kier alpha value is -4.55. The maximum atomic E-state index is 14.8. The third kappa shape index (κ3) is 11.8. The molecule has 5 heterocycles. The number of hydrogen-bond acceptors (Lipinski definition) is 12. The summed E-state index contributed by atoms with van der Waals surface area (Å²) in [6, 6.07) is 8.94. The molecule has 0 saturated carbocycles. The molecule has 5 unspecified atom stereocenters. The SMILES string of the molecule is CCn1c(-c2cccnc2C(C)OC)c(CC(C)(C)COC=O)c2cc(-c3csc(CC(C(=O)N4CCCCC(SC)N4)C(C)NC(=O)C(C(C)C)N(C)C(=O)N4CCOCC4)n3)ccc21. The number of aryl methyl sites for hydroxylation is 1. The molecule has 1 aromatic carbocycles. The number of hydrazine groups is 1. The minimum absolute atomic E-state index is 0.0952. The molecular formula is C49H70N8O7S2. The zero-order valence-corrected chi connectivity index (χ0v) is 42.1. The summed E-state index contributed by atoms with van der Waals surface area (Å²) in [5, 5.41) is 8.91. The zero-order valence-electron chi connectivity index (χ0n) is 40.4. The highest BCUT2D eigenvalue weighted by Gasteiger charge is 2.38. The molecule has 3 aromatic heterocycles. The van der Waals surface area contributed by atoms with Crippen LogP contribution in [0.1, 0.15) is 90.1 Å². The fraction of sp³-hybridized carbons (Fsp3) is 0.592. The first-order valence-corrected chi connectivity index (χ1v) is 25.4. The number of aromatic nitrogens is 3. The van der Waals surface area contributed by atoms with Crippen molar-refractivity contribution in [1.82, 2.24) is 40.1 Å². The standard InChI is InChI=1S/C49H70N8O7S2/c1-11-56-40-18-17-34(25-37(40)38(27-49(6,7)29-64-30-58)45(56)35-15-14-19-50-43(35)33(5)62-9)39-28-66-42(52-39)26-36(47(60)57-20-13-12-16-41(53-57)65-10)32(4)51-46(59)44(31(2)3)54(8)48(61)55-21-23-63-24-22-55/h14-15,17-19,25,28,30-33,36,41,44,53H,11-13,16,20-24,26-27,29H2,1-10H3,(H,51,59). The molecule has 66 heavy (non-hydrogen) atoms. The van der Waals surface area contributed by atoms with Crippen LogP contribution in [0.4, 0.5) is 4.79 Å². The smallest absolute Gasteiger partial charge is 0.320 e. The van der Waals surface area contributed by atoms with Crippen molar-refractivity contribution in [3.05, 3.63) is 58.2 Å². The van der Waals surface area contributed by atoms with Gasteiger partial charge in [0.25, 0.3) is 6.47 Å². The maximum absolute atomic E-state index is 14.8. The Labute approximate surface area is 398 Å². The second-order valence-electron chi connectivity index (χ2n) is 18.6. The first-order chi connectivity index (χ1) is 31.6. The van der Waals surface area contributed by atoms with Gasteiger partial charge in [0.15, 0.2) is 0 Å². The lowest BCUT2D eigenvalue weighted by molar-refractivity contribution is -0.140. The summed E-state index contributed by atoms with van der Waals surface area (Å²) >= 11 is 3.19. The maximum Gasteiger partial charge on any atom is 0.320 e. The van der Waals surface area contributed by atoms with Crippen LogP contribution in [-0.4, -0.2) is 131 Å². The number of methoxy groups -OCH3 is 1. The topological polar surface area (TPSA) is 160 Å². The molecule has 4 amide bonds. The predicted octanol–water partition coefficient (Wildman–Crippen LogP) is 7.57. The van der Waals surface area contributed by atoms with E-state index in [1.54, 1.807) is 42.0 Å². The molecule has 2 saturated heterocycles. The van der Waals surface area contributed by atoms with Crippen molar-refractivity contribution in [3.63, 3.8) is 0 Å². The first-order valence-electron chi connectivity index (χ1n) is 23.3. The number of morpholine rings is 1. The highest BCUT2D eigenvalue weighted by molar-refractivity contribution is 7.99. The van der Waals surface area contributed by atoms with Crippen molar-refractivity contribution >= 4 is 58.3 Å². The first kappa shape index (κ1) is 50.9. The van der Waals surface area contributed by atoms with E-state index in [1.165, 1.54) is 16.2 Å². The minimum Gasteiger partial charge on any atom is -0.467 e. The monoisotopic (exact) mass is 946 g/mol. The second kappa shape index (κ2) is 23.0. The van der Waals surface area contributed by atoms with Crippen molar-refractivity contribution in [1.29, 1.82) is 0 Å². The van der Waals surface area contributed by atoms with Gasteiger partial charge in [-0.1, -0.05) is 33.8 Å². The molecule has 360 valence electrons. The number of rotatable bonds is 19. The second-order valence-corrected chi connectivity index (χ2v) is 20.6. The van der Waals surface area contributed by atoms with E-state index in [4.69, 9.17) is 24.2 Å². The number of hydrogen-bond donors (Lipinski definition) is 2. The van der Waals surface area contributed by atoms with Crippen molar-refractivity contribution in [2.45, 2.75) is 111 Å². The van der Waals surface area contributed by atoms with Crippen LogP contribution in [-0.2, 0) is 48.0 Å². The Bertz CT molecular complexity index is 2290. The lowest BCUT2D eigenvalue weighted by atomic mass is 9.84. The molecule has 2 aliphatic heterocycles. The van der Waals surface area contributed by atoms with Crippen LogP contribution in [0.25, 0.3) is 33.4 Å². The number of ether oxygens (including phenoxy) is 3. The Morgan fingerprint density at radius 1 is 1.12 bits per heavy atom. The molecule has 17 heteroatoms. The lowest BCUT2D eigenvalue weighted by Gasteiger charge is -2.37. The van der Waals surface area contributed by atoms with Crippen LogP contribution in [0.5, 0.6) is 0 Å². The number of pyridine rings is 1. The molecular weight excluding hydrogens is 877 g/mol. The largest absolute Gasteiger partial charge is 0.467 e. The summed E-state index contributed by atoms with van der Waals surface area (Å²) in [5.41, 5.74) is 9.85. The van der Waals surface area contributed by atoms with Crippen molar-refractivity contribution in [2.75, 3.05) is 59.9 Å². The average Bonchev–Trinajstić information content (AvgIpc) is 3.81. The summed E-state index contributed by atoms with van der Waals surface area (Å²) in [6.07, 6.45) is 7.34. The van der Waals surface area contributed by atoms with Gasteiger partial charge < -0.3 is 33.9 Å². The molecule has 15 nitrogen and oxygen atoms in total. The molecule has 2 N–H and O–H groups in total. The van der Waals surface area contributed by atoms with Gasteiger partial charge in [-0.3, -0.25) is 24.4 Å². The average molecular weight is 947 g/mol. The van der Waals surface area contributed by atoms with Crippen LogP contribution >= 0.6 is 23.1 Å². The number of likely N-dealkylation sites (N-methyl/N-ethyl adjacent to an activating group) is 1. The van der Waals surface area contributed by atoms with Gasteiger partial charge in [-0.05, 0) is 88.5 Å². The quantitative estimate of drug-likeness (QED) is 0.0893. The number of nitrogens with zero attached hydrogens (tertiary/aromatic N) is 6. The Kier molecular flexibility index (Phi) is 17.7. The Morgan fingerprint density at radius 2 is 1.88 bits per heavy atom. The fourth-order valence-corrected chi connectivity index (χ4v) is 10.8. The number of fused-ring (bicyclic) bond motifs is 1. The third-order valence-corrected chi connectivity index (χ3v) is 14.7. The van der Waals surface area contributed by atoms with Gasteiger partial charge >= 0.3 is 6.03 Å². The fourth-order valence-electron chi connectivity index (χ4n) is 9.32. The van der Waals surface area contributed by atoms with E-state index in [0.717, 1.165) is 68.9 Å². The van der Waals surface area contributed by atoms with Crippen LogP contribution < -0.4 is 10.7 Å². The summed E-state index contributed by atoms with van der Waals surface area (Å²) in [5.74, 6) is -1.24. The van der Waals surface area contributed by atoms with Gasteiger partial charge in [0.05, 0.1) is 59.3 Å². The summed E-state index contributed by atoms with van der Waals surface area (Å²) in [7, 11) is 3.36. The zero-order chi connectivity index (χ0) is 47.7. The molecule has 2 aliphatic rings. The summed E-state index contributed by atoms with van der Waals surface area (Å²) < 4.78 is 18.9. The molecule has 5 atom stereocenters.